The molecule has 8 aromatic carbocycles. The highest BCUT2D eigenvalue weighted by atomic mass is 32.1. The third kappa shape index (κ3) is 5.47. The Morgan fingerprint density at radius 3 is 1.86 bits per heavy atom. The number of aliphatic imine (C=N–C) groups is 1. The van der Waals surface area contributed by atoms with Crippen molar-refractivity contribution in [1.29, 1.82) is 0 Å². The number of para-hydroxylation sites is 3. The highest BCUT2D eigenvalue weighted by Gasteiger charge is 2.16. The first kappa shape index (κ1) is 33.2. The molecule has 0 saturated heterocycles. The summed E-state index contributed by atoms with van der Waals surface area (Å²) in [6.07, 6.45) is 3.55. The second kappa shape index (κ2) is 13.5. The summed E-state index contributed by atoms with van der Waals surface area (Å²) in [6, 6.07) is 65.5. The van der Waals surface area contributed by atoms with Crippen LogP contribution in [-0.2, 0) is 6.67 Å². The fraction of sp³-hybridized carbons (Fsp3) is 0.0192. The van der Waals surface area contributed by atoms with Crippen LogP contribution in [0.1, 0.15) is 5.56 Å². The molecule has 0 spiro atoms. The molecule has 3 aromatic heterocycles. The number of rotatable bonds is 7. The molecular weight excluding hydrogens is 713 g/mol. The molecule has 0 aliphatic heterocycles. The molecule has 5 heteroatoms. The van der Waals surface area contributed by atoms with E-state index in [4.69, 9.17) is 10.7 Å². The van der Waals surface area contributed by atoms with Crippen LogP contribution < -0.4 is 5.73 Å². The van der Waals surface area contributed by atoms with Crippen LogP contribution in [0.5, 0.6) is 0 Å². The molecule has 0 atom stereocenters. The second-order valence-corrected chi connectivity index (χ2v) is 15.6. The number of nitrogens with zero attached hydrogens (tertiary/aromatic N) is 3. The summed E-state index contributed by atoms with van der Waals surface area (Å²) in [6.45, 7) is 0.470. The fourth-order valence-corrected chi connectivity index (χ4v) is 9.88. The molecule has 0 amide bonds. The van der Waals surface area contributed by atoms with Gasteiger partial charge in [0.2, 0.25) is 0 Å². The molecule has 0 radical (unpaired) electrons. The van der Waals surface area contributed by atoms with E-state index < -0.39 is 0 Å². The van der Waals surface area contributed by atoms with Gasteiger partial charge in [0.15, 0.2) is 0 Å². The largest absolute Gasteiger partial charge is 0.404 e. The van der Waals surface area contributed by atoms with Gasteiger partial charge in [-0.1, -0.05) is 127 Å². The molecule has 0 bridgehead atoms. The Labute approximate surface area is 333 Å². The monoisotopic (exact) mass is 748 g/mol. The molecule has 0 unspecified atom stereocenters. The molecule has 3 heterocycles. The number of nitrogens with two attached hydrogens (primary N) is 1. The summed E-state index contributed by atoms with van der Waals surface area (Å²) in [7, 11) is 0. The van der Waals surface area contributed by atoms with Crippen molar-refractivity contribution >= 4 is 86.9 Å². The number of aromatic nitrogens is 2. The van der Waals surface area contributed by atoms with Gasteiger partial charge in [-0.3, -0.25) is 4.99 Å². The van der Waals surface area contributed by atoms with E-state index in [9.17, 15) is 0 Å². The SMILES string of the molecule is NC=C(C=NCn1c2ccccc2c2cc(-c3ccc4c(c3)c3ccccc3n4-c3ccccc3)ccc21)c1ccc(-c2cccc3c2sc2ccccc23)cc1. The molecule has 0 aliphatic carbocycles. The van der Waals surface area contributed by atoms with Gasteiger partial charge in [-0.15, -0.1) is 11.3 Å². The minimum Gasteiger partial charge on any atom is -0.404 e. The Balaban J connectivity index is 0.906. The molecule has 0 saturated carbocycles. The van der Waals surface area contributed by atoms with Crippen LogP contribution in [0, 0.1) is 0 Å². The Kier molecular flexibility index (Phi) is 7.86. The number of benzene rings is 8. The normalized spacial score (nSPS) is 12.4. The zero-order valence-electron chi connectivity index (χ0n) is 31.0. The summed E-state index contributed by atoms with van der Waals surface area (Å²) >= 11 is 1.85. The molecule has 4 nitrogen and oxygen atoms in total. The standard InChI is InChI=1S/C52H36N4S/c53-31-38(34-21-23-35(24-22-34)40-16-10-17-44-43-15-6-9-20-51(43)57-52(40)44)32-54-33-55-47-18-7-4-13-41(47)45-29-36(25-27-48(45)55)37-26-28-50-46(30-37)42-14-5-8-19-49(42)56(50)39-11-2-1-3-12-39/h1-32H,33,53H2. The van der Waals surface area contributed by atoms with E-state index in [1.54, 1.807) is 6.20 Å². The number of allylic oxidation sites excluding steroid dienone is 1. The lowest BCUT2D eigenvalue weighted by atomic mass is 9.99. The average Bonchev–Trinajstić information content (AvgIpc) is 3.93. The maximum atomic E-state index is 6.22. The lowest BCUT2D eigenvalue weighted by Gasteiger charge is -2.09. The van der Waals surface area contributed by atoms with Crippen LogP contribution in [0.25, 0.3) is 97.3 Å². The first-order valence-corrected chi connectivity index (χ1v) is 20.1. The quantitative estimate of drug-likeness (QED) is 0.162. The molecule has 2 N–H and O–H groups in total. The highest BCUT2D eigenvalue weighted by molar-refractivity contribution is 7.26. The van der Waals surface area contributed by atoms with Crippen molar-refractivity contribution in [3.63, 3.8) is 0 Å². The second-order valence-electron chi connectivity index (χ2n) is 14.5. The molecule has 11 aromatic rings. The summed E-state index contributed by atoms with van der Waals surface area (Å²) in [5.41, 5.74) is 18.8. The van der Waals surface area contributed by atoms with Gasteiger partial charge >= 0.3 is 0 Å². The van der Waals surface area contributed by atoms with E-state index in [2.05, 4.69) is 191 Å². The topological polar surface area (TPSA) is 48.2 Å². The maximum Gasteiger partial charge on any atom is 0.114 e. The summed E-state index contributed by atoms with van der Waals surface area (Å²) < 4.78 is 7.28. The number of fused-ring (bicyclic) bond motifs is 9. The number of hydrogen-bond acceptors (Lipinski definition) is 3. The molecule has 270 valence electrons. The van der Waals surface area contributed by atoms with Crippen molar-refractivity contribution in [1.82, 2.24) is 9.13 Å². The van der Waals surface area contributed by atoms with Crippen LogP contribution in [0.15, 0.2) is 193 Å². The third-order valence-electron chi connectivity index (χ3n) is 11.4. The Morgan fingerprint density at radius 1 is 0.509 bits per heavy atom. The first-order valence-electron chi connectivity index (χ1n) is 19.3. The van der Waals surface area contributed by atoms with E-state index >= 15 is 0 Å². The Morgan fingerprint density at radius 2 is 1.09 bits per heavy atom. The van der Waals surface area contributed by atoms with Gasteiger partial charge in [0.1, 0.15) is 6.67 Å². The van der Waals surface area contributed by atoms with Gasteiger partial charge < -0.3 is 14.9 Å². The molecular formula is C52H36N4S. The predicted octanol–water partition coefficient (Wildman–Crippen LogP) is 13.6. The Bertz CT molecular complexity index is 3380. The van der Waals surface area contributed by atoms with E-state index in [1.807, 2.05) is 17.6 Å². The van der Waals surface area contributed by atoms with Crippen molar-refractivity contribution in [2.24, 2.45) is 10.7 Å². The highest BCUT2D eigenvalue weighted by Crippen LogP contribution is 2.41. The van der Waals surface area contributed by atoms with Gasteiger partial charge in [-0.25, -0.2) is 0 Å². The zero-order chi connectivity index (χ0) is 37.9. The van der Waals surface area contributed by atoms with E-state index in [1.165, 1.54) is 75.0 Å². The lowest BCUT2D eigenvalue weighted by molar-refractivity contribution is 0.797. The van der Waals surface area contributed by atoms with Crippen LogP contribution in [0.3, 0.4) is 0 Å². The van der Waals surface area contributed by atoms with Gasteiger partial charge in [0.25, 0.3) is 0 Å². The summed E-state index contributed by atoms with van der Waals surface area (Å²) in [5, 5.41) is 7.54. The third-order valence-corrected chi connectivity index (χ3v) is 12.6. The fourth-order valence-electron chi connectivity index (χ4n) is 8.64. The van der Waals surface area contributed by atoms with Crippen LogP contribution >= 0.6 is 11.3 Å². The van der Waals surface area contributed by atoms with Gasteiger partial charge in [0, 0.05) is 65.4 Å². The molecule has 0 fully saturated rings. The van der Waals surface area contributed by atoms with E-state index in [-0.39, 0.29) is 0 Å². The maximum absolute atomic E-state index is 6.22. The predicted molar refractivity (Wildman–Crippen MR) is 245 cm³/mol. The zero-order valence-corrected chi connectivity index (χ0v) is 31.8. The molecule has 57 heavy (non-hydrogen) atoms. The van der Waals surface area contributed by atoms with E-state index in [0.29, 0.717) is 6.67 Å². The van der Waals surface area contributed by atoms with Crippen molar-refractivity contribution in [3.8, 4) is 27.9 Å². The van der Waals surface area contributed by atoms with Crippen LogP contribution in [-0.4, -0.2) is 15.3 Å². The smallest absolute Gasteiger partial charge is 0.114 e. The Hall–Kier alpha value is -7.21. The minimum atomic E-state index is 0.470. The molecule has 11 rings (SSSR count). The summed E-state index contributed by atoms with van der Waals surface area (Å²) in [4.78, 5) is 4.97. The van der Waals surface area contributed by atoms with Crippen molar-refractivity contribution in [2.75, 3.05) is 0 Å². The number of hydrogen-bond donors (Lipinski definition) is 1. The number of thiophene rings is 1. The summed E-state index contributed by atoms with van der Waals surface area (Å²) in [5.74, 6) is 0. The van der Waals surface area contributed by atoms with Gasteiger partial charge in [0.05, 0.1) is 22.1 Å². The van der Waals surface area contributed by atoms with Crippen LogP contribution in [0.4, 0.5) is 0 Å². The average molecular weight is 749 g/mol. The van der Waals surface area contributed by atoms with Crippen LogP contribution in [0.2, 0.25) is 0 Å². The van der Waals surface area contributed by atoms with Gasteiger partial charge in [-0.05, 0) is 82.4 Å². The van der Waals surface area contributed by atoms with Crippen molar-refractivity contribution in [3.05, 3.63) is 194 Å². The minimum absolute atomic E-state index is 0.470. The van der Waals surface area contributed by atoms with Crippen molar-refractivity contribution in [2.45, 2.75) is 6.67 Å². The molecule has 0 aliphatic rings. The van der Waals surface area contributed by atoms with Gasteiger partial charge in [-0.2, -0.15) is 0 Å². The first-order chi connectivity index (χ1) is 28.2. The van der Waals surface area contributed by atoms with E-state index in [0.717, 1.165) is 27.9 Å². The van der Waals surface area contributed by atoms with Crippen molar-refractivity contribution < 1.29 is 0 Å². The lowest BCUT2D eigenvalue weighted by Crippen LogP contribution is -1.97.